The number of hydrogen-bond acceptors (Lipinski definition) is 4. The average Bonchev–Trinajstić information content (AvgIpc) is 3.24. The minimum Gasteiger partial charge on any atom is -0.290 e. The maximum Gasteiger partial charge on any atom is 0.240 e. The van der Waals surface area contributed by atoms with Gasteiger partial charge in [-0.1, -0.05) is 42.5 Å². The molecule has 0 saturated heterocycles. The molecule has 0 unspecified atom stereocenters. The number of nitrogens with one attached hydrogen (secondary N) is 1. The van der Waals surface area contributed by atoms with Crippen LogP contribution >= 0.6 is 11.3 Å². The van der Waals surface area contributed by atoms with Crippen LogP contribution in [-0.2, 0) is 23.0 Å². The summed E-state index contributed by atoms with van der Waals surface area (Å²) >= 11 is 1.68. The highest BCUT2D eigenvalue weighted by Gasteiger charge is 2.27. The average molecular weight is 427 g/mol. The lowest BCUT2D eigenvalue weighted by molar-refractivity contribution is 0.183. The number of nitrogens with zero attached hydrogens (tertiary/aromatic N) is 1. The van der Waals surface area contributed by atoms with Crippen molar-refractivity contribution in [3.63, 3.8) is 0 Å². The van der Waals surface area contributed by atoms with E-state index in [4.69, 9.17) is 0 Å². The van der Waals surface area contributed by atoms with Crippen LogP contribution in [0.1, 0.15) is 33.2 Å². The van der Waals surface area contributed by atoms with Gasteiger partial charge in [-0.3, -0.25) is 4.90 Å². The number of rotatable bonds is 6. The van der Waals surface area contributed by atoms with Gasteiger partial charge in [0.15, 0.2) is 0 Å². The van der Waals surface area contributed by atoms with E-state index in [0.29, 0.717) is 11.4 Å². The van der Waals surface area contributed by atoms with Gasteiger partial charge >= 0.3 is 0 Å². The smallest absolute Gasteiger partial charge is 0.240 e. The van der Waals surface area contributed by atoms with E-state index in [1.54, 1.807) is 17.4 Å². The van der Waals surface area contributed by atoms with Gasteiger partial charge in [-0.2, -0.15) is 0 Å². The van der Waals surface area contributed by atoms with Crippen LogP contribution in [0, 0.1) is 13.8 Å². The predicted molar refractivity (Wildman–Crippen MR) is 119 cm³/mol. The van der Waals surface area contributed by atoms with Crippen molar-refractivity contribution < 1.29 is 8.42 Å². The Kier molecular flexibility index (Phi) is 5.88. The molecule has 29 heavy (non-hydrogen) atoms. The third-order valence-electron chi connectivity index (χ3n) is 5.57. The molecule has 0 spiro atoms. The number of aryl methyl sites for hydroxylation is 2. The first-order valence-corrected chi connectivity index (χ1v) is 12.2. The standard InChI is InChI=1S/C23H26N2O2S2/c1-17-9-10-18(2)23(14-17)29(26,27)24-15-21(22-8-5-13-28-22)25-12-11-19-6-3-4-7-20(19)16-25/h3-10,13-14,21,24H,11-12,15-16H2,1-2H3/t21-/m1/s1. The van der Waals surface area contributed by atoms with Gasteiger partial charge in [-0.05, 0) is 60.0 Å². The Morgan fingerprint density at radius 3 is 2.62 bits per heavy atom. The van der Waals surface area contributed by atoms with E-state index in [9.17, 15) is 8.42 Å². The second kappa shape index (κ2) is 8.40. The molecule has 1 aromatic heterocycles. The highest BCUT2D eigenvalue weighted by Crippen LogP contribution is 2.30. The molecule has 0 amide bonds. The third kappa shape index (κ3) is 4.46. The lowest BCUT2D eigenvalue weighted by Crippen LogP contribution is -2.40. The van der Waals surface area contributed by atoms with Gasteiger partial charge in [-0.25, -0.2) is 13.1 Å². The Morgan fingerprint density at radius 1 is 1.07 bits per heavy atom. The number of fused-ring (bicyclic) bond motifs is 1. The molecule has 3 aromatic rings. The molecule has 1 aliphatic rings. The van der Waals surface area contributed by atoms with Gasteiger partial charge in [0.2, 0.25) is 10.0 Å². The molecule has 0 radical (unpaired) electrons. The van der Waals surface area contributed by atoms with Gasteiger partial charge in [-0.15, -0.1) is 11.3 Å². The molecular formula is C23H26N2O2S2. The van der Waals surface area contributed by atoms with Crippen LogP contribution in [0.15, 0.2) is 64.9 Å². The first-order valence-electron chi connectivity index (χ1n) is 9.85. The molecule has 152 valence electrons. The Morgan fingerprint density at radius 2 is 1.86 bits per heavy atom. The summed E-state index contributed by atoms with van der Waals surface area (Å²) in [5.74, 6) is 0. The SMILES string of the molecule is Cc1ccc(C)c(S(=O)(=O)NC[C@H](c2cccs2)N2CCc3ccccc3C2)c1. The van der Waals surface area contributed by atoms with Crippen LogP contribution in [0.4, 0.5) is 0 Å². The van der Waals surface area contributed by atoms with Crippen molar-refractivity contribution in [3.8, 4) is 0 Å². The van der Waals surface area contributed by atoms with Gasteiger partial charge < -0.3 is 0 Å². The third-order valence-corrected chi connectivity index (χ3v) is 8.11. The lowest BCUT2D eigenvalue weighted by atomic mass is 9.98. The normalized spacial score (nSPS) is 15.8. The predicted octanol–water partition coefficient (Wildman–Crippen LogP) is 4.44. The lowest BCUT2D eigenvalue weighted by Gasteiger charge is -2.35. The Labute approximate surface area is 177 Å². The molecule has 1 N–H and O–H groups in total. The molecule has 1 atom stereocenters. The number of hydrogen-bond donors (Lipinski definition) is 1. The minimum atomic E-state index is -3.57. The van der Waals surface area contributed by atoms with E-state index < -0.39 is 10.0 Å². The Hall–Kier alpha value is -1.99. The van der Waals surface area contributed by atoms with Crippen molar-refractivity contribution in [2.45, 2.75) is 37.8 Å². The second-order valence-electron chi connectivity index (χ2n) is 7.64. The molecule has 4 nitrogen and oxygen atoms in total. The quantitative estimate of drug-likeness (QED) is 0.634. The first-order chi connectivity index (χ1) is 13.9. The van der Waals surface area contributed by atoms with E-state index >= 15 is 0 Å². The van der Waals surface area contributed by atoms with Crippen molar-refractivity contribution in [3.05, 3.63) is 87.1 Å². The molecule has 0 aliphatic carbocycles. The summed E-state index contributed by atoms with van der Waals surface area (Å²) in [6.07, 6.45) is 0.988. The highest BCUT2D eigenvalue weighted by molar-refractivity contribution is 7.89. The zero-order valence-corrected chi connectivity index (χ0v) is 18.4. The number of thiophene rings is 1. The van der Waals surface area contributed by atoms with Crippen LogP contribution < -0.4 is 4.72 Å². The summed E-state index contributed by atoms with van der Waals surface area (Å²) in [7, 11) is -3.57. The van der Waals surface area contributed by atoms with Gasteiger partial charge in [0.1, 0.15) is 0 Å². The summed E-state index contributed by atoms with van der Waals surface area (Å²) in [6, 6.07) is 18.2. The summed E-state index contributed by atoms with van der Waals surface area (Å²) in [6.45, 7) is 5.87. The van der Waals surface area contributed by atoms with E-state index in [1.165, 1.54) is 16.0 Å². The molecule has 0 fully saturated rings. The van der Waals surface area contributed by atoms with Crippen LogP contribution in [0.2, 0.25) is 0 Å². The van der Waals surface area contributed by atoms with Crippen molar-refractivity contribution in [2.75, 3.05) is 13.1 Å². The number of sulfonamides is 1. The van der Waals surface area contributed by atoms with Crippen LogP contribution in [0.25, 0.3) is 0 Å². The maximum absolute atomic E-state index is 13.0. The van der Waals surface area contributed by atoms with Gasteiger partial charge in [0.25, 0.3) is 0 Å². The Bertz CT molecular complexity index is 1090. The molecule has 4 rings (SSSR count). The van der Waals surface area contributed by atoms with Gasteiger partial charge in [0, 0.05) is 24.5 Å². The van der Waals surface area contributed by atoms with Crippen LogP contribution in [0.3, 0.4) is 0 Å². The molecule has 0 saturated carbocycles. The van der Waals surface area contributed by atoms with Crippen molar-refractivity contribution >= 4 is 21.4 Å². The van der Waals surface area contributed by atoms with Crippen molar-refractivity contribution in [2.24, 2.45) is 0 Å². The summed E-state index contributed by atoms with van der Waals surface area (Å²) in [5, 5.41) is 2.05. The highest BCUT2D eigenvalue weighted by atomic mass is 32.2. The number of benzene rings is 2. The van der Waals surface area contributed by atoms with Crippen LogP contribution in [0.5, 0.6) is 0 Å². The first kappa shape index (κ1) is 20.3. The summed E-state index contributed by atoms with van der Waals surface area (Å²) in [4.78, 5) is 3.94. The molecule has 1 aliphatic heterocycles. The van der Waals surface area contributed by atoms with E-state index in [0.717, 1.165) is 30.6 Å². The molecule has 6 heteroatoms. The Balaban J connectivity index is 1.57. The largest absolute Gasteiger partial charge is 0.290 e. The van der Waals surface area contributed by atoms with E-state index in [-0.39, 0.29) is 6.04 Å². The molecule has 0 bridgehead atoms. The molecular weight excluding hydrogens is 400 g/mol. The van der Waals surface area contributed by atoms with Crippen LogP contribution in [-0.4, -0.2) is 26.4 Å². The van der Waals surface area contributed by atoms with Gasteiger partial charge in [0.05, 0.1) is 10.9 Å². The fourth-order valence-electron chi connectivity index (χ4n) is 3.94. The molecule has 2 heterocycles. The summed E-state index contributed by atoms with van der Waals surface area (Å²) in [5.41, 5.74) is 4.43. The topological polar surface area (TPSA) is 49.4 Å². The van der Waals surface area contributed by atoms with E-state index in [1.807, 2.05) is 32.0 Å². The molecule has 2 aromatic carbocycles. The maximum atomic E-state index is 13.0. The summed E-state index contributed by atoms with van der Waals surface area (Å²) < 4.78 is 29.0. The van der Waals surface area contributed by atoms with Crippen molar-refractivity contribution in [1.29, 1.82) is 0 Å². The monoisotopic (exact) mass is 426 g/mol. The fraction of sp³-hybridized carbons (Fsp3) is 0.304. The minimum absolute atomic E-state index is 0.0169. The fourth-order valence-corrected chi connectivity index (χ4v) is 6.16. The second-order valence-corrected chi connectivity index (χ2v) is 10.4. The zero-order valence-electron chi connectivity index (χ0n) is 16.8. The van der Waals surface area contributed by atoms with Crippen molar-refractivity contribution in [1.82, 2.24) is 9.62 Å². The van der Waals surface area contributed by atoms with E-state index in [2.05, 4.69) is 45.3 Å². The zero-order chi connectivity index (χ0) is 20.4.